The minimum absolute atomic E-state index is 0.363. The maximum Gasteiger partial charge on any atom is 0.157 e. The zero-order valence-electron chi connectivity index (χ0n) is 12.5. The topological polar surface area (TPSA) is 33.6 Å². The van der Waals surface area contributed by atoms with Crippen LogP contribution in [0.4, 0.5) is 0 Å². The zero-order valence-corrected chi connectivity index (χ0v) is 13.3. The van der Waals surface area contributed by atoms with E-state index in [4.69, 9.17) is 9.73 Å². The Balaban J connectivity index is 1.37. The summed E-state index contributed by atoms with van der Waals surface area (Å²) >= 11 is 1.90. The molecule has 3 rings (SSSR count). The number of thioether (sulfide) groups is 1. The Morgan fingerprint density at radius 2 is 1.95 bits per heavy atom. The van der Waals surface area contributed by atoms with Crippen LogP contribution in [0.2, 0.25) is 0 Å². The van der Waals surface area contributed by atoms with Gasteiger partial charge in [0.25, 0.3) is 0 Å². The molecule has 0 aromatic heterocycles. The predicted octanol–water partition coefficient (Wildman–Crippen LogP) is 3.85. The van der Waals surface area contributed by atoms with Crippen LogP contribution >= 0.6 is 11.8 Å². The summed E-state index contributed by atoms with van der Waals surface area (Å²) < 4.78 is 5.68. The van der Waals surface area contributed by atoms with Gasteiger partial charge in [-0.15, -0.1) is 0 Å². The first-order valence-electron chi connectivity index (χ1n) is 8.00. The quantitative estimate of drug-likeness (QED) is 0.839. The average molecular weight is 304 g/mol. The molecule has 1 aliphatic heterocycles. The molecule has 1 saturated carbocycles. The summed E-state index contributed by atoms with van der Waals surface area (Å²) in [4.78, 5) is 4.69. The maximum atomic E-state index is 5.68. The Morgan fingerprint density at radius 1 is 1.14 bits per heavy atom. The summed E-state index contributed by atoms with van der Waals surface area (Å²) in [5.74, 6) is 2.14. The highest BCUT2D eigenvalue weighted by Crippen LogP contribution is 2.36. The fraction of sp³-hybridized carbons (Fsp3) is 0.588. The Morgan fingerprint density at radius 3 is 2.76 bits per heavy atom. The Kier molecular flexibility index (Phi) is 5.07. The molecule has 1 aromatic rings. The largest absolute Gasteiger partial charge is 0.494 e. The molecule has 0 amide bonds. The van der Waals surface area contributed by atoms with Gasteiger partial charge in [-0.05, 0) is 25.0 Å². The van der Waals surface area contributed by atoms with E-state index < -0.39 is 0 Å². The highest BCUT2D eigenvalue weighted by molar-refractivity contribution is 8.14. The lowest BCUT2D eigenvalue weighted by atomic mass is 9.83. The maximum absolute atomic E-state index is 5.68. The summed E-state index contributed by atoms with van der Waals surface area (Å²) in [6, 6.07) is 9.99. The molecule has 4 heteroatoms. The van der Waals surface area contributed by atoms with Gasteiger partial charge in [0, 0.05) is 24.3 Å². The number of hydrogen-bond acceptors (Lipinski definition) is 3. The number of nitrogens with one attached hydrogen (secondary N) is 1. The third kappa shape index (κ3) is 4.16. The van der Waals surface area contributed by atoms with Crippen molar-refractivity contribution in [2.24, 2.45) is 4.99 Å². The summed E-state index contributed by atoms with van der Waals surface area (Å²) in [6.45, 7) is 1.58. The van der Waals surface area contributed by atoms with Crippen molar-refractivity contribution in [3.8, 4) is 5.75 Å². The third-order valence-corrected chi connectivity index (χ3v) is 5.44. The van der Waals surface area contributed by atoms with Gasteiger partial charge in [-0.25, -0.2) is 0 Å². The molecule has 0 unspecified atom stereocenters. The Hall–Kier alpha value is -1.16. The van der Waals surface area contributed by atoms with Crippen LogP contribution < -0.4 is 10.1 Å². The monoisotopic (exact) mass is 304 g/mol. The second-order valence-electron chi connectivity index (χ2n) is 5.96. The molecule has 2 aliphatic rings. The molecule has 1 saturated heterocycles. The Bertz CT molecular complexity index is 469. The van der Waals surface area contributed by atoms with Crippen molar-refractivity contribution in [1.82, 2.24) is 5.32 Å². The van der Waals surface area contributed by atoms with E-state index in [-0.39, 0.29) is 0 Å². The molecule has 0 atom stereocenters. The van der Waals surface area contributed by atoms with E-state index in [1.54, 1.807) is 0 Å². The number of hydrogen-bond donors (Lipinski definition) is 1. The van der Waals surface area contributed by atoms with Gasteiger partial charge in [-0.3, -0.25) is 4.99 Å². The van der Waals surface area contributed by atoms with Crippen LogP contribution in [-0.4, -0.2) is 29.6 Å². The molecule has 21 heavy (non-hydrogen) atoms. The molecule has 1 heterocycles. The van der Waals surface area contributed by atoms with Crippen molar-refractivity contribution in [2.45, 2.75) is 44.1 Å². The number of ether oxygens (including phenoxy) is 1. The number of para-hydroxylation sites is 1. The minimum atomic E-state index is 0.363. The molecule has 1 aromatic carbocycles. The van der Waals surface area contributed by atoms with E-state index in [2.05, 4.69) is 5.32 Å². The minimum Gasteiger partial charge on any atom is -0.494 e. The standard InChI is InChI=1S/C17H24N2OS/c1-3-8-15(9-4-1)20-13-7-12-18-16-19-17(14-21-16)10-5-2-6-11-17/h1,3-4,8-9H,2,5-7,10-14H2,(H,18,19). The lowest BCUT2D eigenvalue weighted by Gasteiger charge is -2.32. The number of aliphatic imine (C=N–C) groups is 1. The number of rotatable bonds is 5. The average Bonchev–Trinajstić information content (AvgIpc) is 2.91. The van der Waals surface area contributed by atoms with Crippen LogP contribution in [0.15, 0.2) is 35.3 Å². The van der Waals surface area contributed by atoms with Gasteiger partial charge in [-0.2, -0.15) is 0 Å². The molecule has 3 nitrogen and oxygen atoms in total. The second kappa shape index (κ2) is 7.21. The summed E-state index contributed by atoms with van der Waals surface area (Å²) in [5.41, 5.74) is 0.363. The highest BCUT2D eigenvalue weighted by Gasteiger charge is 2.37. The molecule has 1 aliphatic carbocycles. The van der Waals surface area contributed by atoms with Crippen LogP contribution in [0.1, 0.15) is 38.5 Å². The van der Waals surface area contributed by atoms with Gasteiger partial charge < -0.3 is 10.1 Å². The van der Waals surface area contributed by atoms with E-state index in [1.807, 2.05) is 42.1 Å². The van der Waals surface area contributed by atoms with Crippen molar-refractivity contribution in [1.29, 1.82) is 0 Å². The van der Waals surface area contributed by atoms with E-state index in [1.165, 1.54) is 37.9 Å². The Labute approximate surface area is 131 Å². The summed E-state index contributed by atoms with van der Waals surface area (Å²) in [6.07, 6.45) is 7.73. The smallest absolute Gasteiger partial charge is 0.157 e. The molecular formula is C17H24N2OS. The molecule has 1 spiro atoms. The van der Waals surface area contributed by atoms with Gasteiger partial charge in [0.15, 0.2) is 5.17 Å². The SMILES string of the molecule is c1ccc(OCCCN=C2NC3(CCCCC3)CS2)cc1. The summed E-state index contributed by atoms with van der Waals surface area (Å²) in [5, 5.41) is 4.84. The number of amidine groups is 1. The van der Waals surface area contributed by atoms with Crippen molar-refractivity contribution >= 4 is 16.9 Å². The van der Waals surface area contributed by atoms with E-state index >= 15 is 0 Å². The van der Waals surface area contributed by atoms with Gasteiger partial charge >= 0.3 is 0 Å². The van der Waals surface area contributed by atoms with Crippen LogP contribution in [0.3, 0.4) is 0 Å². The van der Waals surface area contributed by atoms with Crippen LogP contribution in [0.25, 0.3) is 0 Å². The third-order valence-electron chi connectivity index (χ3n) is 4.24. The zero-order chi connectivity index (χ0) is 14.4. The fourth-order valence-electron chi connectivity index (χ4n) is 3.04. The summed E-state index contributed by atoms with van der Waals surface area (Å²) in [7, 11) is 0. The van der Waals surface area contributed by atoms with Gasteiger partial charge in [0.05, 0.1) is 6.61 Å². The number of benzene rings is 1. The van der Waals surface area contributed by atoms with Crippen LogP contribution in [0.5, 0.6) is 5.75 Å². The molecule has 2 fully saturated rings. The highest BCUT2D eigenvalue weighted by atomic mass is 32.2. The molecule has 1 N–H and O–H groups in total. The molecule has 0 radical (unpaired) electrons. The molecule has 114 valence electrons. The van der Waals surface area contributed by atoms with E-state index in [0.717, 1.165) is 30.5 Å². The van der Waals surface area contributed by atoms with Crippen molar-refractivity contribution in [3.05, 3.63) is 30.3 Å². The van der Waals surface area contributed by atoms with Crippen molar-refractivity contribution < 1.29 is 4.74 Å². The van der Waals surface area contributed by atoms with Crippen LogP contribution in [0, 0.1) is 0 Å². The normalized spacial score (nSPS) is 22.4. The fourth-order valence-corrected chi connectivity index (χ4v) is 4.29. The van der Waals surface area contributed by atoms with Gasteiger partial charge in [0.2, 0.25) is 0 Å². The second-order valence-corrected chi connectivity index (χ2v) is 6.92. The van der Waals surface area contributed by atoms with Gasteiger partial charge in [0.1, 0.15) is 5.75 Å². The van der Waals surface area contributed by atoms with E-state index in [9.17, 15) is 0 Å². The number of nitrogens with zero attached hydrogens (tertiary/aromatic N) is 1. The lowest BCUT2D eigenvalue weighted by Crippen LogP contribution is -2.45. The first-order valence-corrected chi connectivity index (χ1v) is 8.98. The lowest BCUT2D eigenvalue weighted by molar-refractivity contribution is 0.303. The van der Waals surface area contributed by atoms with Gasteiger partial charge in [-0.1, -0.05) is 49.2 Å². The predicted molar refractivity (Wildman–Crippen MR) is 90.3 cm³/mol. The van der Waals surface area contributed by atoms with Crippen LogP contribution in [-0.2, 0) is 0 Å². The van der Waals surface area contributed by atoms with E-state index in [0.29, 0.717) is 5.54 Å². The first kappa shape index (κ1) is 14.8. The molecular weight excluding hydrogens is 280 g/mol. The first-order chi connectivity index (χ1) is 10.4. The van der Waals surface area contributed by atoms with Crippen molar-refractivity contribution in [3.63, 3.8) is 0 Å². The molecule has 0 bridgehead atoms. The van der Waals surface area contributed by atoms with Crippen molar-refractivity contribution in [2.75, 3.05) is 18.9 Å².